The highest BCUT2D eigenvalue weighted by Gasteiger charge is 2.25. The number of aryl methyl sites for hydroxylation is 1. The number of benzene rings is 1. The molecule has 1 unspecified atom stereocenters. The fraction of sp³-hybridized carbons (Fsp3) is 0.562. The van der Waals surface area contributed by atoms with E-state index in [0.717, 1.165) is 5.56 Å². The molecule has 1 amide bonds. The first-order valence-electron chi connectivity index (χ1n) is 7.33. The van der Waals surface area contributed by atoms with Crippen LogP contribution in [0.2, 0.25) is 0 Å². The number of nitrogens with zero attached hydrogens (tertiary/aromatic N) is 2. The molecule has 116 valence electrons. The number of ether oxygens (including phenoxy) is 1. The van der Waals surface area contributed by atoms with Crippen molar-refractivity contribution in [3.05, 3.63) is 35.4 Å². The van der Waals surface area contributed by atoms with Crippen LogP contribution in [0.5, 0.6) is 0 Å². The van der Waals surface area contributed by atoms with E-state index in [9.17, 15) is 9.90 Å². The molecular weight excluding hydrogens is 268 g/mol. The molecule has 1 N–H and O–H groups in total. The molecule has 1 atom stereocenters. The van der Waals surface area contributed by atoms with E-state index in [-0.39, 0.29) is 18.6 Å². The summed E-state index contributed by atoms with van der Waals surface area (Å²) >= 11 is 0. The monoisotopic (exact) mass is 292 g/mol. The summed E-state index contributed by atoms with van der Waals surface area (Å²) in [5.74, 6) is 0.0682. The van der Waals surface area contributed by atoms with Gasteiger partial charge >= 0.3 is 0 Å². The van der Waals surface area contributed by atoms with Crippen LogP contribution in [0.3, 0.4) is 0 Å². The van der Waals surface area contributed by atoms with Crippen molar-refractivity contribution < 1.29 is 14.6 Å². The van der Waals surface area contributed by atoms with Crippen molar-refractivity contribution in [2.24, 2.45) is 0 Å². The standard InChI is InChI=1S/C16H24N2O3/c1-13-5-3-4-6-14(13)9-17(2)16(20)10-18-7-8-21-12-15(18)11-19/h3-6,15,19H,7-12H2,1-2H3. The molecule has 1 aliphatic heterocycles. The molecule has 1 aromatic carbocycles. The minimum atomic E-state index is -0.0745. The molecule has 0 aromatic heterocycles. The van der Waals surface area contributed by atoms with Crippen molar-refractivity contribution in [2.75, 3.05) is 40.0 Å². The summed E-state index contributed by atoms with van der Waals surface area (Å²) in [4.78, 5) is 16.1. The van der Waals surface area contributed by atoms with E-state index in [4.69, 9.17) is 4.74 Å². The maximum Gasteiger partial charge on any atom is 0.236 e. The number of hydrogen-bond acceptors (Lipinski definition) is 4. The maximum absolute atomic E-state index is 12.4. The molecule has 0 aliphatic carbocycles. The average Bonchev–Trinajstić information content (AvgIpc) is 2.50. The van der Waals surface area contributed by atoms with Gasteiger partial charge in [0.15, 0.2) is 0 Å². The number of rotatable bonds is 5. The molecular formula is C16H24N2O3. The lowest BCUT2D eigenvalue weighted by atomic mass is 10.1. The van der Waals surface area contributed by atoms with Gasteiger partial charge in [-0.05, 0) is 18.1 Å². The van der Waals surface area contributed by atoms with E-state index in [1.165, 1.54) is 5.56 Å². The Balaban J connectivity index is 1.91. The number of morpholine rings is 1. The number of amides is 1. The van der Waals surface area contributed by atoms with Gasteiger partial charge in [-0.3, -0.25) is 9.69 Å². The molecule has 1 fully saturated rings. The third kappa shape index (κ3) is 4.27. The second-order valence-electron chi connectivity index (χ2n) is 5.56. The Morgan fingerprint density at radius 3 is 2.95 bits per heavy atom. The molecule has 21 heavy (non-hydrogen) atoms. The summed E-state index contributed by atoms with van der Waals surface area (Å²) in [6.45, 7) is 4.81. The van der Waals surface area contributed by atoms with E-state index in [2.05, 4.69) is 13.0 Å². The van der Waals surface area contributed by atoms with Gasteiger partial charge in [0.2, 0.25) is 5.91 Å². The van der Waals surface area contributed by atoms with E-state index in [1.807, 2.05) is 30.1 Å². The van der Waals surface area contributed by atoms with Gasteiger partial charge < -0.3 is 14.7 Å². The highest BCUT2D eigenvalue weighted by molar-refractivity contribution is 5.78. The van der Waals surface area contributed by atoms with Gasteiger partial charge in [-0.15, -0.1) is 0 Å². The number of hydrogen-bond donors (Lipinski definition) is 1. The summed E-state index contributed by atoms with van der Waals surface area (Å²) in [7, 11) is 1.82. The smallest absolute Gasteiger partial charge is 0.236 e. The summed E-state index contributed by atoms with van der Waals surface area (Å²) < 4.78 is 5.33. The lowest BCUT2D eigenvalue weighted by Crippen LogP contribution is -2.51. The van der Waals surface area contributed by atoms with Gasteiger partial charge in [-0.2, -0.15) is 0 Å². The summed E-state index contributed by atoms with van der Waals surface area (Å²) in [5.41, 5.74) is 2.35. The van der Waals surface area contributed by atoms with Crippen LogP contribution in [0.25, 0.3) is 0 Å². The Bertz CT molecular complexity index is 478. The van der Waals surface area contributed by atoms with Gasteiger partial charge in [-0.1, -0.05) is 24.3 Å². The molecule has 1 heterocycles. The topological polar surface area (TPSA) is 53.0 Å². The zero-order chi connectivity index (χ0) is 15.2. The van der Waals surface area contributed by atoms with Crippen LogP contribution in [0, 0.1) is 6.92 Å². The van der Waals surface area contributed by atoms with Crippen LogP contribution in [0.1, 0.15) is 11.1 Å². The van der Waals surface area contributed by atoms with E-state index in [0.29, 0.717) is 32.8 Å². The average molecular weight is 292 g/mol. The van der Waals surface area contributed by atoms with Crippen LogP contribution < -0.4 is 0 Å². The van der Waals surface area contributed by atoms with Crippen molar-refractivity contribution in [2.45, 2.75) is 19.5 Å². The Morgan fingerprint density at radius 1 is 1.48 bits per heavy atom. The van der Waals surface area contributed by atoms with Gasteiger partial charge in [-0.25, -0.2) is 0 Å². The fourth-order valence-electron chi connectivity index (χ4n) is 2.49. The normalized spacial score (nSPS) is 19.5. The molecule has 0 radical (unpaired) electrons. The summed E-state index contributed by atoms with van der Waals surface area (Å²) in [6.07, 6.45) is 0. The number of carbonyl (C=O) groups excluding carboxylic acids is 1. The highest BCUT2D eigenvalue weighted by Crippen LogP contribution is 2.11. The molecule has 5 nitrogen and oxygen atoms in total. The third-order valence-corrected chi connectivity index (χ3v) is 3.99. The molecule has 0 spiro atoms. The Kier molecular flexibility index (Phi) is 5.73. The molecule has 5 heteroatoms. The first-order chi connectivity index (χ1) is 10.1. The SMILES string of the molecule is Cc1ccccc1CN(C)C(=O)CN1CCOCC1CO. The van der Waals surface area contributed by atoms with Crippen LogP contribution in [-0.4, -0.2) is 66.8 Å². The third-order valence-electron chi connectivity index (χ3n) is 3.99. The Morgan fingerprint density at radius 2 is 2.24 bits per heavy atom. The van der Waals surface area contributed by atoms with Crippen molar-refractivity contribution in [1.29, 1.82) is 0 Å². The van der Waals surface area contributed by atoms with Crippen molar-refractivity contribution in [3.63, 3.8) is 0 Å². The van der Waals surface area contributed by atoms with E-state index < -0.39 is 0 Å². The largest absolute Gasteiger partial charge is 0.395 e. The van der Waals surface area contributed by atoms with Crippen LogP contribution in [0.15, 0.2) is 24.3 Å². The minimum Gasteiger partial charge on any atom is -0.395 e. The second-order valence-corrected chi connectivity index (χ2v) is 5.56. The maximum atomic E-state index is 12.4. The van der Waals surface area contributed by atoms with Gasteiger partial charge in [0.05, 0.1) is 32.4 Å². The van der Waals surface area contributed by atoms with Crippen LogP contribution in [0.4, 0.5) is 0 Å². The predicted molar refractivity (Wildman–Crippen MR) is 80.9 cm³/mol. The summed E-state index contributed by atoms with van der Waals surface area (Å²) in [6, 6.07) is 8.02. The van der Waals surface area contributed by atoms with Gasteiger partial charge in [0.25, 0.3) is 0 Å². The predicted octanol–water partition coefficient (Wildman–Crippen LogP) is 0.647. The molecule has 1 aliphatic rings. The zero-order valence-corrected chi connectivity index (χ0v) is 12.8. The lowest BCUT2D eigenvalue weighted by molar-refractivity contribution is -0.134. The first-order valence-corrected chi connectivity index (χ1v) is 7.33. The van der Waals surface area contributed by atoms with Crippen LogP contribution >= 0.6 is 0 Å². The van der Waals surface area contributed by atoms with Gasteiger partial charge in [0.1, 0.15) is 0 Å². The zero-order valence-electron chi connectivity index (χ0n) is 12.8. The first kappa shape index (κ1) is 15.9. The number of aliphatic hydroxyl groups is 1. The lowest BCUT2D eigenvalue weighted by Gasteiger charge is -2.34. The highest BCUT2D eigenvalue weighted by atomic mass is 16.5. The molecule has 2 rings (SSSR count). The molecule has 1 saturated heterocycles. The van der Waals surface area contributed by atoms with E-state index >= 15 is 0 Å². The van der Waals surface area contributed by atoms with Crippen molar-refractivity contribution >= 4 is 5.91 Å². The van der Waals surface area contributed by atoms with Crippen molar-refractivity contribution in [3.8, 4) is 0 Å². The summed E-state index contributed by atoms with van der Waals surface area (Å²) in [5, 5.41) is 9.34. The molecule has 0 bridgehead atoms. The Hall–Kier alpha value is -1.43. The quantitative estimate of drug-likeness (QED) is 0.865. The number of carbonyl (C=O) groups is 1. The molecule has 1 aromatic rings. The Labute approximate surface area is 126 Å². The molecule has 0 saturated carbocycles. The second kappa shape index (κ2) is 7.54. The number of aliphatic hydroxyl groups excluding tert-OH is 1. The van der Waals surface area contributed by atoms with E-state index in [1.54, 1.807) is 4.90 Å². The fourth-order valence-corrected chi connectivity index (χ4v) is 2.49. The number of likely N-dealkylation sites (N-methyl/N-ethyl adjacent to an activating group) is 1. The van der Waals surface area contributed by atoms with Crippen molar-refractivity contribution in [1.82, 2.24) is 9.80 Å². The minimum absolute atomic E-state index is 0.0226. The van der Waals surface area contributed by atoms with Crippen LogP contribution in [-0.2, 0) is 16.1 Å². The van der Waals surface area contributed by atoms with Gasteiger partial charge in [0, 0.05) is 20.1 Å².